The number of ether oxygens (including phenoxy) is 1. The monoisotopic (exact) mass is 298 g/mol. The lowest BCUT2D eigenvalue weighted by Gasteiger charge is -2.27. The standard InChI is InChI=1S/C11H22OS4/c1-12-4-3-5-14-7-11-9-15-10(6-13-2)8-16-11/h10-11H,3-9H2,1-2H3. The minimum atomic E-state index is 0.885. The highest BCUT2D eigenvalue weighted by atomic mass is 32.2. The van der Waals surface area contributed by atoms with E-state index in [1.165, 1.54) is 35.2 Å². The van der Waals surface area contributed by atoms with E-state index in [2.05, 4.69) is 41.5 Å². The zero-order valence-corrected chi connectivity index (χ0v) is 13.4. The van der Waals surface area contributed by atoms with E-state index < -0.39 is 0 Å². The van der Waals surface area contributed by atoms with E-state index in [0.29, 0.717) is 0 Å². The summed E-state index contributed by atoms with van der Waals surface area (Å²) in [6.45, 7) is 0.912. The van der Waals surface area contributed by atoms with Crippen molar-refractivity contribution in [3.8, 4) is 0 Å². The van der Waals surface area contributed by atoms with Crippen LogP contribution in [-0.2, 0) is 4.74 Å². The summed E-state index contributed by atoms with van der Waals surface area (Å²) in [4.78, 5) is 0. The molecule has 0 aromatic rings. The molecule has 0 amide bonds. The van der Waals surface area contributed by atoms with Crippen LogP contribution < -0.4 is 0 Å². The second kappa shape index (κ2) is 10.3. The van der Waals surface area contributed by atoms with Gasteiger partial charge in [-0.05, 0) is 18.4 Å². The van der Waals surface area contributed by atoms with Gasteiger partial charge < -0.3 is 4.74 Å². The molecule has 1 heterocycles. The molecule has 16 heavy (non-hydrogen) atoms. The molecule has 0 spiro atoms. The summed E-state index contributed by atoms with van der Waals surface area (Å²) >= 11 is 8.45. The number of hydrogen-bond acceptors (Lipinski definition) is 5. The van der Waals surface area contributed by atoms with Gasteiger partial charge in [0.2, 0.25) is 0 Å². The Hall–Kier alpha value is 1.36. The Morgan fingerprint density at radius 1 is 1.19 bits per heavy atom. The lowest BCUT2D eigenvalue weighted by atomic mass is 10.5. The van der Waals surface area contributed by atoms with Gasteiger partial charge in [-0.25, -0.2) is 0 Å². The average Bonchev–Trinajstić information content (AvgIpc) is 2.31. The van der Waals surface area contributed by atoms with Crippen LogP contribution in [0.2, 0.25) is 0 Å². The quantitative estimate of drug-likeness (QED) is 0.634. The molecule has 1 aliphatic rings. The smallest absolute Gasteiger partial charge is 0.0470 e. The van der Waals surface area contributed by atoms with Gasteiger partial charge in [0, 0.05) is 47.2 Å². The van der Waals surface area contributed by atoms with Gasteiger partial charge in [-0.2, -0.15) is 47.0 Å². The minimum absolute atomic E-state index is 0.885. The van der Waals surface area contributed by atoms with Gasteiger partial charge in [0.1, 0.15) is 0 Å². The molecule has 96 valence electrons. The van der Waals surface area contributed by atoms with Gasteiger partial charge in [0.15, 0.2) is 0 Å². The summed E-state index contributed by atoms with van der Waals surface area (Å²) < 4.78 is 5.05. The van der Waals surface area contributed by atoms with Crippen molar-refractivity contribution >= 4 is 47.0 Å². The van der Waals surface area contributed by atoms with Crippen LogP contribution in [0.5, 0.6) is 0 Å². The van der Waals surface area contributed by atoms with Gasteiger partial charge in [-0.3, -0.25) is 0 Å². The minimum Gasteiger partial charge on any atom is -0.385 e. The van der Waals surface area contributed by atoms with Crippen molar-refractivity contribution in [1.29, 1.82) is 0 Å². The number of methoxy groups -OCH3 is 1. The van der Waals surface area contributed by atoms with E-state index in [0.717, 1.165) is 17.1 Å². The first kappa shape index (κ1) is 15.4. The van der Waals surface area contributed by atoms with Crippen LogP contribution in [0.1, 0.15) is 6.42 Å². The van der Waals surface area contributed by atoms with E-state index in [1.807, 2.05) is 11.8 Å². The molecule has 1 fully saturated rings. The Morgan fingerprint density at radius 3 is 2.44 bits per heavy atom. The Labute approximate surface area is 117 Å². The van der Waals surface area contributed by atoms with Crippen molar-refractivity contribution in [3.63, 3.8) is 0 Å². The largest absolute Gasteiger partial charge is 0.385 e. The highest BCUT2D eigenvalue weighted by molar-refractivity contribution is 8.09. The molecular weight excluding hydrogens is 276 g/mol. The fraction of sp³-hybridized carbons (Fsp3) is 1.00. The fourth-order valence-corrected chi connectivity index (χ4v) is 7.06. The maximum atomic E-state index is 5.05. The van der Waals surface area contributed by atoms with Gasteiger partial charge in [0.25, 0.3) is 0 Å². The molecule has 0 saturated carbocycles. The topological polar surface area (TPSA) is 9.23 Å². The van der Waals surface area contributed by atoms with Gasteiger partial charge in [0.05, 0.1) is 0 Å². The number of hydrogen-bond donors (Lipinski definition) is 0. The Morgan fingerprint density at radius 2 is 1.88 bits per heavy atom. The van der Waals surface area contributed by atoms with Crippen molar-refractivity contribution in [1.82, 2.24) is 0 Å². The maximum absolute atomic E-state index is 5.05. The van der Waals surface area contributed by atoms with Crippen LogP contribution in [0.4, 0.5) is 0 Å². The van der Waals surface area contributed by atoms with E-state index in [1.54, 1.807) is 7.11 Å². The summed E-state index contributed by atoms with van der Waals surface area (Å²) in [7, 11) is 1.78. The molecule has 1 nitrogen and oxygen atoms in total. The Kier molecular flexibility index (Phi) is 9.92. The zero-order chi connectivity index (χ0) is 11.6. The molecule has 5 heteroatoms. The van der Waals surface area contributed by atoms with Crippen LogP contribution in [0, 0.1) is 0 Å². The van der Waals surface area contributed by atoms with Gasteiger partial charge >= 0.3 is 0 Å². The van der Waals surface area contributed by atoms with Crippen molar-refractivity contribution < 1.29 is 4.74 Å². The van der Waals surface area contributed by atoms with Crippen LogP contribution in [-0.4, -0.2) is 59.2 Å². The molecule has 1 aliphatic heterocycles. The molecule has 0 aromatic heterocycles. The molecule has 0 radical (unpaired) electrons. The molecule has 2 unspecified atom stereocenters. The zero-order valence-electron chi connectivity index (χ0n) is 10.1. The predicted molar refractivity (Wildman–Crippen MR) is 84.7 cm³/mol. The molecular formula is C11H22OS4. The molecule has 1 rings (SSSR count). The summed E-state index contributed by atoms with van der Waals surface area (Å²) in [6.07, 6.45) is 3.41. The van der Waals surface area contributed by atoms with Crippen LogP contribution in [0.15, 0.2) is 0 Å². The van der Waals surface area contributed by atoms with Crippen molar-refractivity contribution in [2.75, 3.05) is 48.7 Å². The molecule has 0 aromatic carbocycles. The summed E-state index contributed by atoms with van der Waals surface area (Å²) in [5.41, 5.74) is 0. The second-order valence-corrected chi connectivity index (χ2v) is 8.51. The number of thioether (sulfide) groups is 4. The van der Waals surface area contributed by atoms with Gasteiger partial charge in [-0.1, -0.05) is 0 Å². The Balaban J connectivity index is 1.95. The SMILES string of the molecule is COCCCSCC1CSC(CSC)CS1. The summed E-state index contributed by atoms with van der Waals surface area (Å²) in [5, 5.41) is 1.78. The van der Waals surface area contributed by atoms with Crippen LogP contribution in [0.25, 0.3) is 0 Å². The van der Waals surface area contributed by atoms with E-state index in [9.17, 15) is 0 Å². The average molecular weight is 299 g/mol. The molecule has 0 aliphatic carbocycles. The van der Waals surface area contributed by atoms with Crippen LogP contribution in [0.3, 0.4) is 0 Å². The Bertz CT molecular complexity index is 160. The third-order valence-electron chi connectivity index (χ3n) is 2.33. The molecule has 0 N–H and O–H groups in total. The van der Waals surface area contributed by atoms with E-state index in [4.69, 9.17) is 4.74 Å². The summed E-state index contributed by atoms with van der Waals surface area (Å²) in [6, 6.07) is 0. The van der Waals surface area contributed by atoms with E-state index >= 15 is 0 Å². The highest BCUT2D eigenvalue weighted by Crippen LogP contribution is 2.32. The maximum Gasteiger partial charge on any atom is 0.0470 e. The highest BCUT2D eigenvalue weighted by Gasteiger charge is 2.21. The summed E-state index contributed by atoms with van der Waals surface area (Å²) in [5.74, 6) is 6.62. The van der Waals surface area contributed by atoms with Crippen molar-refractivity contribution in [2.24, 2.45) is 0 Å². The van der Waals surface area contributed by atoms with Gasteiger partial charge in [-0.15, -0.1) is 0 Å². The second-order valence-electron chi connectivity index (χ2n) is 3.79. The fourth-order valence-electron chi connectivity index (χ4n) is 1.48. The molecule has 2 atom stereocenters. The molecule has 1 saturated heterocycles. The van der Waals surface area contributed by atoms with Crippen molar-refractivity contribution in [2.45, 2.75) is 16.9 Å². The first-order chi connectivity index (χ1) is 7.86. The first-order valence-corrected chi connectivity index (χ1v) is 10.3. The number of rotatable bonds is 8. The predicted octanol–water partition coefficient (Wildman–Crippen LogP) is 3.34. The first-order valence-electron chi connectivity index (χ1n) is 5.65. The lowest BCUT2D eigenvalue weighted by Crippen LogP contribution is -2.24. The third kappa shape index (κ3) is 6.94. The third-order valence-corrected chi connectivity index (χ3v) is 7.92. The van der Waals surface area contributed by atoms with E-state index in [-0.39, 0.29) is 0 Å². The van der Waals surface area contributed by atoms with Crippen LogP contribution >= 0.6 is 47.0 Å². The van der Waals surface area contributed by atoms with Crippen molar-refractivity contribution in [3.05, 3.63) is 0 Å². The lowest BCUT2D eigenvalue weighted by molar-refractivity contribution is 0.200. The molecule has 0 bridgehead atoms. The normalized spacial score (nSPS) is 25.9.